The van der Waals surface area contributed by atoms with E-state index in [4.69, 9.17) is 10.5 Å². The Balaban J connectivity index is 2.20. The van der Waals surface area contributed by atoms with E-state index in [1.165, 1.54) is 0 Å². The smallest absolute Gasteiger partial charge is 0.130 e. The minimum absolute atomic E-state index is 0.424. The second-order valence-corrected chi connectivity index (χ2v) is 3.78. The van der Waals surface area contributed by atoms with Crippen LogP contribution >= 0.6 is 0 Å². The maximum Gasteiger partial charge on any atom is 0.130 e. The van der Waals surface area contributed by atoms with Crippen molar-refractivity contribution in [1.29, 1.82) is 0 Å². The molecule has 82 valence electrons. The van der Waals surface area contributed by atoms with E-state index in [-0.39, 0.29) is 0 Å². The SMILES string of the molecule is CCC1COCCN1c1cc(N)ccn1. The summed E-state index contributed by atoms with van der Waals surface area (Å²) < 4.78 is 5.45. The number of morpholine rings is 1. The van der Waals surface area contributed by atoms with Crippen molar-refractivity contribution in [2.75, 3.05) is 30.4 Å². The highest BCUT2D eigenvalue weighted by Gasteiger charge is 2.22. The van der Waals surface area contributed by atoms with E-state index in [9.17, 15) is 0 Å². The van der Waals surface area contributed by atoms with E-state index in [2.05, 4.69) is 16.8 Å². The summed E-state index contributed by atoms with van der Waals surface area (Å²) in [5, 5.41) is 0. The first-order valence-electron chi connectivity index (χ1n) is 5.37. The maximum absolute atomic E-state index is 5.75. The molecule has 1 fully saturated rings. The predicted octanol–water partition coefficient (Wildman–Crippen LogP) is 1.28. The van der Waals surface area contributed by atoms with E-state index in [0.717, 1.165) is 37.7 Å². The van der Waals surface area contributed by atoms with Crippen molar-refractivity contribution < 1.29 is 4.74 Å². The largest absolute Gasteiger partial charge is 0.399 e. The zero-order chi connectivity index (χ0) is 10.7. The first-order chi connectivity index (χ1) is 7.31. The highest BCUT2D eigenvalue weighted by molar-refractivity contribution is 5.51. The molecule has 0 spiro atoms. The van der Waals surface area contributed by atoms with Gasteiger partial charge < -0.3 is 15.4 Å². The molecule has 2 rings (SSSR count). The van der Waals surface area contributed by atoms with Crippen molar-refractivity contribution in [2.24, 2.45) is 0 Å². The fourth-order valence-electron chi connectivity index (χ4n) is 1.89. The number of hydrogen-bond acceptors (Lipinski definition) is 4. The van der Waals surface area contributed by atoms with Crippen LogP contribution in [-0.2, 0) is 4.74 Å². The van der Waals surface area contributed by atoms with Crippen LogP contribution in [0.2, 0.25) is 0 Å². The number of rotatable bonds is 2. The van der Waals surface area contributed by atoms with Gasteiger partial charge in [-0.25, -0.2) is 4.98 Å². The third-order valence-electron chi connectivity index (χ3n) is 2.76. The molecule has 1 aromatic rings. The van der Waals surface area contributed by atoms with Gasteiger partial charge in [0.05, 0.1) is 19.3 Å². The molecule has 1 aromatic heterocycles. The number of aromatic nitrogens is 1. The number of hydrogen-bond donors (Lipinski definition) is 1. The Morgan fingerprint density at radius 1 is 1.67 bits per heavy atom. The summed E-state index contributed by atoms with van der Waals surface area (Å²) >= 11 is 0. The molecule has 4 nitrogen and oxygen atoms in total. The molecule has 1 atom stereocenters. The van der Waals surface area contributed by atoms with Gasteiger partial charge in [-0.15, -0.1) is 0 Å². The molecule has 0 bridgehead atoms. The minimum Gasteiger partial charge on any atom is -0.399 e. The van der Waals surface area contributed by atoms with Crippen molar-refractivity contribution in [2.45, 2.75) is 19.4 Å². The van der Waals surface area contributed by atoms with E-state index in [1.807, 2.05) is 12.1 Å². The molecule has 1 aliphatic heterocycles. The van der Waals surface area contributed by atoms with Crippen LogP contribution in [-0.4, -0.2) is 30.8 Å². The van der Waals surface area contributed by atoms with Crippen molar-refractivity contribution in [3.63, 3.8) is 0 Å². The molecule has 15 heavy (non-hydrogen) atoms. The highest BCUT2D eigenvalue weighted by Crippen LogP contribution is 2.20. The molecule has 4 heteroatoms. The van der Waals surface area contributed by atoms with Crippen molar-refractivity contribution in [3.05, 3.63) is 18.3 Å². The summed E-state index contributed by atoms with van der Waals surface area (Å²) in [7, 11) is 0. The molecule has 1 unspecified atom stereocenters. The van der Waals surface area contributed by atoms with Crippen LogP contribution in [0.5, 0.6) is 0 Å². The number of nitrogens with zero attached hydrogens (tertiary/aromatic N) is 2. The standard InChI is InChI=1S/C11H17N3O/c1-2-10-8-15-6-5-14(10)11-7-9(12)3-4-13-11/h3-4,7,10H,2,5-6,8H2,1H3,(H2,12,13). The fraction of sp³-hybridized carbons (Fsp3) is 0.545. The van der Waals surface area contributed by atoms with Crippen LogP contribution in [0.1, 0.15) is 13.3 Å². The number of pyridine rings is 1. The molecule has 0 radical (unpaired) electrons. The lowest BCUT2D eigenvalue weighted by molar-refractivity contribution is 0.0926. The van der Waals surface area contributed by atoms with Crippen LogP contribution < -0.4 is 10.6 Å². The number of nitrogens with two attached hydrogens (primary N) is 1. The van der Waals surface area contributed by atoms with E-state index in [1.54, 1.807) is 6.20 Å². The summed E-state index contributed by atoms with van der Waals surface area (Å²) in [6.07, 6.45) is 2.82. The molecule has 0 aliphatic carbocycles. The lowest BCUT2D eigenvalue weighted by atomic mass is 10.1. The van der Waals surface area contributed by atoms with E-state index in [0.29, 0.717) is 6.04 Å². The molecule has 2 N–H and O–H groups in total. The number of nitrogen functional groups attached to an aromatic ring is 1. The second kappa shape index (κ2) is 4.49. The summed E-state index contributed by atoms with van der Waals surface area (Å²) in [4.78, 5) is 6.63. The molecule has 0 saturated carbocycles. The van der Waals surface area contributed by atoms with Gasteiger partial charge in [0, 0.05) is 24.5 Å². The van der Waals surface area contributed by atoms with Crippen LogP contribution in [0.4, 0.5) is 11.5 Å². The average molecular weight is 207 g/mol. The third-order valence-corrected chi connectivity index (χ3v) is 2.76. The molecule has 0 amide bonds. The summed E-state index contributed by atoms with van der Waals surface area (Å²) in [5.41, 5.74) is 6.52. The van der Waals surface area contributed by atoms with Gasteiger partial charge in [0.2, 0.25) is 0 Å². The predicted molar refractivity (Wildman–Crippen MR) is 60.9 cm³/mol. The maximum atomic E-state index is 5.75. The van der Waals surface area contributed by atoms with Crippen molar-refractivity contribution in [1.82, 2.24) is 4.98 Å². The lowest BCUT2D eigenvalue weighted by Crippen LogP contribution is -2.45. The van der Waals surface area contributed by atoms with Crippen LogP contribution in [0.3, 0.4) is 0 Å². The van der Waals surface area contributed by atoms with Crippen molar-refractivity contribution in [3.8, 4) is 0 Å². The van der Waals surface area contributed by atoms with Gasteiger partial charge >= 0.3 is 0 Å². The summed E-state index contributed by atoms with van der Waals surface area (Å²) in [6.45, 7) is 4.62. The van der Waals surface area contributed by atoms with Crippen LogP contribution in [0, 0.1) is 0 Å². The van der Waals surface area contributed by atoms with Gasteiger partial charge in [0.15, 0.2) is 0 Å². The zero-order valence-corrected chi connectivity index (χ0v) is 9.02. The van der Waals surface area contributed by atoms with Crippen LogP contribution in [0.15, 0.2) is 18.3 Å². The van der Waals surface area contributed by atoms with E-state index >= 15 is 0 Å². The lowest BCUT2D eigenvalue weighted by Gasteiger charge is -2.36. The van der Waals surface area contributed by atoms with Gasteiger partial charge in [0.1, 0.15) is 5.82 Å². The molecule has 1 aliphatic rings. The normalized spacial score (nSPS) is 21.7. The zero-order valence-electron chi connectivity index (χ0n) is 9.02. The Labute approximate surface area is 90.0 Å². The molecule has 0 aromatic carbocycles. The number of ether oxygens (including phenoxy) is 1. The molecule has 1 saturated heterocycles. The van der Waals surface area contributed by atoms with Gasteiger partial charge in [-0.2, -0.15) is 0 Å². The molecular weight excluding hydrogens is 190 g/mol. The van der Waals surface area contributed by atoms with Gasteiger partial charge in [-0.1, -0.05) is 6.92 Å². The molecule has 2 heterocycles. The van der Waals surface area contributed by atoms with E-state index < -0.39 is 0 Å². The van der Waals surface area contributed by atoms with Gasteiger partial charge in [-0.3, -0.25) is 0 Å². The second-order valence-electron chi connectivity index (χ2n) is 3.78. The van der Waals surface area contributed by atoms with Crippen molar-refractivity contribution >= 4 is 11.5 Å². The van der Waals surface area contributed by atoms with Crippen LogP contribution in [0.25, 0.3) is 0 Å². The third kappa shape index (κ3) is 2.21. The highest BCUT2D eigenvalue weighted by atomic mass is 16.5. The Hall–Kier alpha value is -1.29. The first kappa shape index (κ1) is 10.2. The summed E-state index contributed by atoms with van der Waals surface area (Å²) in [6, 6.07) is 4.16. The minimum atomic E-state index is 0.424. The number of anilines is 2. The Morgan fingerprint density at radius 2 is 2.53 bits per heavy atom. The monoisotopic (exact) mass is 207 g/mol. The average Bonchev–Trinajstić information content (AvgIpc) is 2.29. The Kier molecular flexibility index (Phi) is 3.06. The topological polar surface area (TPSA) is 51.4 Å². The summed E-state index contributed by atoms with van der Waals surface area (Å²) in [5.74, 6) is 0.963. The fourth-order valence-corrected chi connectivity index (χ4v) is 1.89. The Morgan fingerprint density at radius 3 is 3.27 bits per heavy atom. The molecular formula is C11H17N3O. The van der Waals surface area contributed by atoms with Gasteiger partial charge in [-0.05, 0) is 12.5 Å². The first-order valence-corrected chi connectivity index (χ1v) is 5.37. The Bertz CT molecular complexity index is 329. The quantitative estimate of drug-likeness (QED) is 0.793. The van der Waals surface area contributed by atoms with Gasteiger partial charge in [0.25, 0.3) is 0 Å².